The minimum Gasteiger partial charge on any atom is -0.444 e. The molecule has 0 radical (unpaired) electrons. The molecule has 3 unspecified atom stereocenters. The van der Waals surface area contributed by atoms with Crippen LogP contribution in [0.15, 0.2) is 30.3 Å². The van der Waals surface area contributed by atoms with Crippen molar-refractivity contribution in [1.29, 1.82) is 0 Å². The van der Waals surface area contributed by atoms with Gasteiger partial charge in [0.15, 0.2) is 0 Å². The molecule has 1 saturated heterocycles. The van der Waals surface area contributed by atoms with Crippen LogP contribution in [-0.2, 0) is 33.5 Å². The minimum absolute atomic E-state index is 0.152. The summed E-state index contributed by atoms with van der Waals surface area (Å²) < 4.78 is 5.37. The maximum absolute atomic E-state index is 13.8. The number of carbonyl (C=O) groups is 7. The lowest BCUT2D eigenvalue weighted by Gasteiger charge is -2.36. The maximum Gasteiger partial charge on any atom is 0.408 e. The number of amides is 6. The first-order chi connectivity index (χ1) is 22.8. The number of alkyl carbamates (subject to hydrolysis) is 1. The predicted molar refractivity (Wildman–Crippen MR) is 181 cm³/mol. The molecule has 2 aliphatic rings. The molecule has 1 saturated carbocycles. The SMILES string of the molecule is CN(C)C(=O)C(NC(=O)CNC(=O)C(=O)C(CC1CC1)NC(=O)[C@@H]1CCCN1C(=O)C(NC(=O)OC(C)(C)C)C(C)(C)C)c1ccccc1. The van der Waals surface area contributed by atoms with Crippen LogP contribution in [0.2, 0.25) is 0 Å². The fourth-order valence-electron chi connectivity index (χ4n) is 5.54. The fraction of sp³-hybridized carbons (Fsp3) is 0.629. The molecule has 4 atom stereocenters. The van der Waals surface area contributed by atoms with E-state index in [1.165, 1.54) is 9.80 Å². The molecule has 0 spiro atoms. The van der Waals surface area contributed by atoms with Crippen LogP contribution < -0.4 is 21.3 Å². The molecule has 270 valence electrons. The van der Waals surface area contributed by atoms with Crippen LogP contribution in [0.3, 0.4) is 0 Å². The van der Waals surface area contributed by atoms with Gasteiger partial charge in [-0.2, -0.15) is 0 Å². The van der Waals surface area contributed by atoms with Crippen LogP contribution in [0.4, 0.5) is 4.79 Å². The van der Waals surface area contributed by atoms with E-state index in [-0.39, 0.29) is 24.8 Å². The smallest absolute Gasteiger partial charge is 0.408 e. The van der Waals surface area contributed by atoms with Gasteiger partial charge in [0.2, 0.25) is 29.4 Å². The second-order valence-electron chi connectivity index (χ2n) is 15.1. The summed E-state index contributed by atoms with van der Waals surface area (Å²) in [6.07, 6.45) is 2.05. The number of hydrogen-bond acceptors (Lipinski definition) is 8. The van der Waals surface area contributed by atoms with Crippen LogP contribution in [0.5, 0.6) is 0 Å². The van der Waals surface area contributed by atoms with Gasteiger partial charge in [0.05, 0.1) is 12.6 Å². The van der Waals surface area contributed by atoms with E-state index in [1.54, 1.807) is 86.0 Å². The van der Waals surface area contributed by atoms with Gasteiger partial charge in [0, 0.05) is 20.6 Å². The molecule has 1 heterocycles. The molecular formula is C35H52N6O8. The maximum atomic E-state index is 13.8. The third kappa shape index (κ3) is 11.6. The highest BCUT2D eigenvalue weighted by Gasteiger charge is 2.44. The lowest BCUT2D eigenvalue weighted by Crippen LogP contribution is -2.59. The highest BCUT2D eigenvalue weighted by molar-refractivity contribution is 6.38. The monoisotopic (exact) mass is 684 g/mol. The highest BCUT2D eigenvalue weighted by atomic mass is 16.6. The molecule has 0 aromatic heterocycles. The number of Topliss-reactive ketones (excluding diaryl/α,β-unsaturated/α-hetero) is 1. The van der Waals surface area contributed by atoms with Gasteiger partial charge in [-0.3, -0.25) is 28.8 Å². The van der Waals surface area contributed by atoms with E-state index in [0.29, 0.717) is 18.4 Å². The number of likely N-dealkylation sites (tertiary alicyclic amines) is 1. The van der Waals surface area contributed by atoms with Gasteiger partial charge in [-0.1, -0.05) is 63.9 Å². The Kier molecular flexibility index (Phi) is 12.9. The van der Waals surface area contributed by atoms with Crippen LogP contribution in [0.1, 0.15) is 85.3 Å². The number of rotatable bonds is 13. The van der Waals surface area contributed by atoms with Crippen LogP contribution in [0.25, 0.3) is 0 Å². The zero-order valence-corrected chi connectivity index (χ0v) is 29.9. The number of nitrogens with one attached hydrogen (secondary N) is 4. The van der Waals surface area contributed by atoms with Crippen molar-refractivity contribution in [2.75, 3.05) is 27.2 Å². The van der Waals surface area contributed by atoms with Gasteiger partial charge in [0.1, 0.15) is 23.7 Å². The highest BCUT2D eigenvalue weighted by Crippen LogP contribution is 2.34. The standard InChI is InChI=1S/C35H52N6O8/c1-34(2,3)28(39-33(48)49-35(4,5)6)32(47)41-18-12-15-24(41)29(44)37-23(19-21-16-17-21)27(43)30(45)36-20-25(42)38-26(31(46)40(7)8)22-13-10-9-11-14-22/h9-11,13-14,21,23-24,26,28H,12,15-20H2,1-8H3,(H,36,45)(H,37,44)(H,38,42)(H,39,48)/t23?,24-,26?,28?/m0/s1. The van der Waals surface area contributed by atoms with Crippen LogP contribution >= 0.6 is 0 Å². The number of nitrogens with zero attached hydrogens (tertiary/aromatic N) is 2. The Morgan fingerprint density at radius 2 is 1.53 bits per heavy atom. The van der Waals surface area contributed by atoms with Crippen molar-refractivity contribution in [3.63, 3.8) is 0 Å². The largest absolute Gasteiger partial charge is 0.444 e. The van der Waals surface area contributed by atoms with Gasteiger partial charge in [0.25, 0.3) is 5.91 Å². The summed E-state index contributed by atoms with van der Waals surface area (Å²) in [5, 5.41) is 10.3. The molecule has 3 rings (SSSR count). The number of benzene rings is 1. The molecule has 49 heavy (non-hydrogen) atoms. The summed E-state index contributed by atoms with van der Waals surface area (Å²) in [5.41, 5.74) is -0.938. The van der Waals surface area contributed by atoms with Crippen molar-refractivity contribution in [3.05, 3.63) is 35.9 Å². The van der Waals surface area contributed by atoms with Gasteiger partial charge < -0.3 is 35.8 Å². The molecule has 2 fully saturated rings. The van der Waals surface area contributed by atoms with Crippen LogP contribution in [0, 0.1) is 11.3 Å². The Balaban J connectivity index is 1.66. The number of ketones is 1. The third-order valence-electron chi connectivity index (χ3n) is 8.27. The molecule has 14 nitrogen and oxygen atoms in total. The van der Waals surface area contributed by atoms with Gasteiger partial charge in [-0.25, -0.2) is 4.79 Å². The normalized spacial score (nSPS) is 18.0. The first-order valence-electron chi connectivity index (χ1n) is 16.8. The van der Waals surface area contributed by atoms with Crippen molar-refractivity contribution < 1.29 is 38.3 Å². The lowest BCUT2D eigenvalue weighted by molar-refractivity contribution is -0.144. The molecule has 1 aliphatic carbocycles. The zero-order chi connectivity index (χ0) is 36.7. The molecule has 0 bridgehead atoms. The summed E-state index contributed by atoms with van der Waals surface area (Å²) in [6, 6.07) is 4.57. The first-order valence-corrected chi connectivity index (χ1v) is 16.8. The van der Waals surface area contributed by atoms with E-state index in [9.17, 15) is 33.6 Å². The molecule has 6 amide bonds. The zero-order valence-electron chi connectivity index (χ0n) is 29.9. The predicted octanol–water partition coefficient (Wildman–Crippen LogP) is 1.83. The molecule has 14 heteroatoms. The summed E-state index contributed by atoms with van der Waals surface area (Å²) in [7, 11) is 3.12. The van der Waals surface area contributed by atoms with E-state index in [0.717, 1.165) is 12.8 Å². The van der Waals surface area contributed by atoms with E-state index >= 15 is 0 Å². The van der Waals surface area contributed by atoms with Gasteiger partial charge in [-0.05, 0) is 56.9 Å². The van der Waals surface area contributed by atoms with Crippen molar-refractivity contribution in [1.82, 2.24) is 31.1 Å². The Labute approximate surface area is 288 Å². The quantitative estimate of drug-likeness (QED) is 0.227. The van der Waals surface area contributed by atoms with E-state index in [1.807, 2.05) is 0 Å². The van der Waals surface area contributed by atoms with Crippen molar-refractivity contribution >= 4 is 41.4 Å². The number of ether oxygens (including phenoxy) is 1. The summed E-state index contributed by atoms with van der Waals surface area (Å²) in [4.78, 5) is 94.7. The topological polar surface area (TPSA) is 183 Å². The van der Waals surface area contributed by atoms with Crippen molar-refractivity contribution in [3.8, 4) is 0 Å². The Hall–Kier alpha value is -4.49. The minimum atomic E-state index is -1.16. The summed E-state index contributed by atoms with van der Waals surface area (Å²) in [6.45, 7) is 10.2. The van der Waals surface area contributed by atoms with Crippen LogP contribution in [-0.4, -0.2) is 102 Å². The van der Waals surface area contributed by atoms with Crippen molar-refractivity contribution in [2.45, 2.75) is 103 Å². The van der Waals surface area contributed by atoms with Crippen molar-refractivity contribution in [2.24, 2.45) is 11.3 Å². The molecule has 1 aromatic carbocycles. The molecule has 4 N–H and O–H groups in total. The summed E-state index contributed by atoms with van der Waals surface area (Å²) >= 11 is 0. The van der Waals surface area contributed by atoms with E-state index in [4.69, 9.17) is 4.74 Å². The second-order valence-corrected chi connectivity index (χ2v) is 15.1. The van der Waals surface area contributed by atoms with Gasteiger partial charge in [-0.15, -0.1) is 0 Å². The number of carbonyl (C=O) groups excluding carboxylic acids is 7. The van der Waals surface area contributed by atoms with Gasteiger partial charge >= 0.3 is 6.09 Å². The Morgan fingerprint density at radius 3 is 2.08 bits per heavy atom. The number of hydrogen-bond donors (Lipinski definition) is 4. The Morgan fingerprint density at radius 1 is 0.898 bits per heavy atom. The first kappa shape index (κ1) is 39.0. The molecular weight excluding hydrogens is 632 g/mol. The average Bonchev–Trinajstić information content (AvgIpc) is 3.69. The van der Waals surface area contributed by atoms with E-state index < -0.39 is 77.2 Å². The second kappa shape index (κ2) is 16.3. The third-order valence-corrected chi connectivity index (χ3v) is 8.27. The average molecular weight is 685 g/mol. The molecule has 1 aliphatic heterocycles. The lowest BCUT2D eigenvalue weighted by atomic mass is 9.85. The summed E-state index contributed by atoms with van der Waals surface area (Å²) in [5.74, 6) is -3.89. The Bertz CT molecular complexity index is 1400. The number of likely N-dealkylation sites (N-methyl/N-ethyl adjacent to an activating group) is 1. The van der Waals surface area contributed by atoms with E-state index in [2.05, 4.69) is 21.3 Å². The molecule has 1 aromatic rings. The fourth-order valence-corrected chi connectivity index (χ4v) is 5.54.